The fourth-order valence-electron chi connectivity index (χ4n) is 2.05. The number of aliphatic hydroxyl groups excluding tert-OH is 3. The number of rotatable bonds is 3. The third-order valence-corrected chi connectivity index (χ3v) is 3.59. The van der Waals surface area contributed by atoms with Gasteiger partial charge in [-0.05, 0) is 29.0 Å². The molecule has 0 unspecified atom stereocenters. The van der Waals surface area contributed by atoms with Crippen LogP contribution in [0.1, 0.15) is 6.42 Å². The van der Waals surface area contributed by atoms with E-state index in [1.807, 2.05) is 0 Å². The Hall–Kier alpha value is -0.510. The highest BCUT2D eigenvalue weighted by Gasteiger charge is 2.41. The monoisotopic (exact) mass is 351 g/mol. The van der Waals surface area contributed by atoms with Gasteiger partial charge in [-0.25, -0.2) is 9.97 Å². The molecule has 0 radical (unpaired) electrons. The Balaban J connectivity index is 2.05. The van der Waals surface area contributed by atoms with E-state index in [1.165, 1.54) is 6.33 Å². The topological polar surface area (TPSA) is 98.5 Å². The summed E-state index contributed by atoms with van der Waals surface area (Å²) in [7, 11) is 0. The van der Waals surface area contributed by atoms with Crippen molar-refractivity contribution in [1.82, 2.24) is 9.97 Å². The molecule has 1 aliphatic carbocycles. The summed E-state index contributed by atoms with van der Waals surface area (Å²) in [5.41, 5.74) is 0. The highest BCUT2D eigenvalue weighted by Crippen LogP contribution is 2.28. The van der Waals surface area contributed by atoms with Crippen LogP contribution < -0.4 is 5.32 Å². The van der Waals surface area contributed by atoms with Crippen molar-refractivity contribution in [2.24, 2.45) is 5.92 Å². The van der Waals surface area contributed by atoms with E-state index in [0.29, 0.717) is 12.2 Å². The summed E-state index contributed by atoms with van der Waals surface area (Å²) in [6, 6.07) is 1.46. The summed E-state index contributed by atoms with van der Waals surface area (Å²) in [6.07, 6.45) is 0.170. The molecule has 0 aliphatic heterocycles. The Kier molecular flexibility index (Phi) is 4.13. The fraction of sp³-hybridized carbons (Fsp3) is 0.600. The average molecular weight is 351 g/mol. The highest BCUT2D eigenvalue weighted by molar-refractivity contribution is 14.1. The third-order valence-electron chi connectivity index (χ3n) is 3.00. The number of aliphatic hydroxyl groups is 3. The van der Waals surface area contributed by atoms with Crippen molar-refractivity contribution >= 4 is 28.4 Å². The minimum atomic E-state index is -0.890. The summed E-state index contributed by atoms with van der Waals surface area (Å²) >= 11 is 2.07. The first-order valence-electron chi connectivity index (χ1n) is 5.33. The highest BCUT2D eigenvalue weighted by atomic mass is 127. The van der Waals surface area contributed by atoms with Crippen LogP contribution in [0.2, 0.25) is 0 Å². The molecule has 0 amide bonds. The quantitative estimate of drug-likeness (QED) is 0.437. The van der Waals surface area contributed by atoms with Crippen LogP contribution in [-0.4, -0.2) is 50.1 Å². The van der Waals surface area contributed by atoms with Gasteiger partial charge in [-0.15, -0.1) is 0 Å². The fourth-order valence-corrected chi connectivity index (χ4v) is 2.47. The maximum atomic E-state index is 9.82. The molecule has 2 rings (SSSR count). The number of hydrogen-bond acceptors (Lipinski definition) is 6. The Morgan fingerprint density at radius 1 is 1.35 bits per heavy atom. The average Bonchev–Trinajstić information content (AvgIpc) is 2.57. The molecule has 6 nitrogen and oxygen atoms in total. The summed E-state index contributed by atoms with van der Waals surface area (Å²) in [5.74, 6) is 0.322. The van der Waals surface area contributed by atoms with E-state index in [0.717, 1.165) is 3.70 Å². The molecule has 4 atom stereocenters. The van der Waals surface area contributed by atoms with Gasteiger partial charge < -0.3 is 20.6 Å². The van der Waals surface area contributed by atoms with Gasteiger partial charge in [-0.2, -0.15) is 0 Å². The normalized spacial score (nSPS) is 32.7. The van der Waals surface area contributed by atoms with Crippen LogP contribution in [0, 0.1) is 9.62 Å². The van der Waals surface area contributed by atoms with Gasteiger partial charge in [0, 0.05) is 18.6 Å². The molecule has 1 aromatic rings. The van der Waals surface area contributed by atoms with Gasteiger partial charge in [-0.1, -0.05) is 0 Å². The minimum absolute atomic E-state index is 0.127. The summed E-state index contributed by atoms with van der Waals surface area (Å²) < 4.78 is 0.798. The summed E-state index contributed by atoms with van der Waals surface area (Å²) in [5, 5.41) is 31.6. The zero-order valence-electron chi connectivity index (χ0n) is 8.99. The van der Waals surface area contributed by atoms with Crippen LogP contribution in [0.5, 0.6) is 0 Å². The van der Waals surface area contributed by atoms with Crippen molar-refractivity contribution in [1.29, 1.82) is 0 Å². The van der Waals surface area contributed by atoms with E-state index in [4.69, 9.17) is 5.11 Å². The molecular weight excluding hydrogens is 337 g/mol. The lowest BCUT2D eigenvalue weighted by molar-refractivity contribution is 0.00445. The van der Waals surface area contributed by atoms with Crippen molar-refractivity contribution in [2.45, 2.75) is 24.7 Å². The first-order chi connectivity index (χ1) is 8.11. The molecule has 4 N–H and O–H groups in total. The first-order valence-corrected chi connectivity index (χ1v) is 6.40. The zero-order valence-corrected chi connectivity index (χ0v) is 11.1. The van der Waals surface area contributed by atoms with E-state index in [9.17, 15) is 10.2 Å². The Morgan fingerprint density at radius 2 is 2.12 bits per heavy atom. The van der Waals surface area contributed by atoms with Gasteiger partial charge in [-0.3, -0.25) is 0 Å². The predicted molar refractivity (Wildman–Crippen MR) is 69.4 cm³/mol. The molecule has 0 bridgehead atoms. The molecule has 1 fully saturated rings. The molecule has 1 aromatic heterocycles. The van der Waals surface area contributed by atoms with E-state index >= 15 is 0 Å². The molecular formula is C10H14IN3O3. The van der Waals surface area contributed by atoms with E-state index in [2.05, 4.69) is 37.9 Å². The zero-order chi connectivity index (χ0) is 12.4. The molecule has 17 heavy (non-hydrogen) atoms. The Morgan fingerprint density at radius 3 is 2.71 bits per heavy atom. The Bertz CT molecular complexity index is 393. The number of nitrogens with zero attached hydrogens (tertiary/aromatic N) is 2. The lowest BCUT2D eigenvalue weighted by Gasteiger charge is -2.18. The molecule has 1 saturated carbocycles. The van der Waals surface area contributed by atoms with Gasteiger partial charge >= 0.3 is 0 Å². The maximum Gasteiger partial charge on any atom is 0.130 e. The largest absolute Gasteiger partial charge is 0.396 e. The molecule has 1 heterocycles. The smallest absolute Gasteiger partial charge is 0.130 e. The van der Waals surface area contributed by atoms with Crippen LogP contribution in [0.4, 0.5) is 5.82 Å². The van der Waals surface area contributed by atoms with Gasteiger partial charge in [0.15, 0.2) is 0 Å². The molecule has 1 aliphatic rings. The van der Waals surface area contributed by atoms with Crippen LogP contribution in [-0.2, 0) is 0 Å². The predicted octanol–water partition coefficient (Wildman–Crippen LogP) is -0.404. The minimum Gasteiger partial charge on any atom is -0.396 e. The number of nitrogens with one attached hydrogen (secondary N) is 1. The SMILES string of the molecule is OC[C@H]1C[C@@H](Nc2cc(I)ncn2)[C@H](O)[C@@H]1O. The van der Waals surface area contributed by atoms with Gasteiger partial charge in [0.05, 0.1) is 12.1 Å². The standard InChI is InChI=1S/C10H14IN3O3/c11-7-2-8(13-4-12-7)14-6-1-5(3-15)9(16)10(6)17/h2,4-6,9-10,15-17H,1,3H2,(H,12,13,14)/t5-,6-,9-,10+/m1/s1. The van der Waals surface area contributed by atoms with Crippen LogP contribution in [0.15, 0.2) is 12.4 Å². The van der Waals surface area contributed by atoms with Crippen molar-refractivity contribution in [3.05, 3.63) is 16.1 Å². The van der Waals surface area contributed by atoms with Crippen LogP contribution in [0.25, 0.3) is 0 Å². The van der Waals surface area contributed by atoms with Gasteiger partial charge in [0.1, 0.15) is 21.9 Å². The Labute approximate surface area is 112 Å². The lowest BCUT2D eigenvalue weighted by Crippen LogP contribution is -2.35. The molecule has 94 valence electrons. The lowest BCUT2D eigenvalue weighted by atomic mass is 10.1. The summed E-state index contributed by atoms with van der Waals surface area (Å²) in [6.45, 7) is -0.127. The molecule has 7 heteroatoms. The number of hydrogen-bond donors (Lipinski definition) is 4. The number of aromatic nitrogens is 2. The molecule has 0 aromatic carbocycles. The third kappa shape index (κ3) is 2.84. The van der Waals surface area contributed by atoms with Crippen molar-refractivity contribution in [3.8, 4) is 0 Å². The number of halogens is 1. The van der Waals surface area contributed by atoms with Crippen molar-refractivity contribution < 1.29 is 15.3 Å². The van der Waals surface area contributed by atoms with Gasteiger partial charge in [0.25, 0.3) is 0 Å². The summed E-state index contributed by atoms with van der Waals surface area (Å²) in [4.78, 5) is 7.99. The molecule has 0 saturated heterocycles. The van der Waals surface area contributed by atoms with Crippen LogP contribution >= 0.6 is 22.6 Å². The van der Waals surface area contributed by atoms with E-state index in [-0.39, 0.29) is 18.6 Å². The second kappa shape index (κ2) is 5.42. The first kappa shape index (κ1) is 12.9. The maximum absolute atomic E-state index is 9.82. The van der Waals surface area contributed by atoms with Crippen LogP contribution in [0.3, 0.4) is 0 Å². The second-order valence-corrected chi connectivity index (χ2v) is 5.24. The number of anilines is 1. The van der Waals surface area contributed by atoms with Gasteiger partial charge in [0.2, 0.25) is 0 Å². The van der Waals surface area contributed by atoms with Crippen molar-refractivity contribution in [3.63, 3.8) is 0 Å². The van der Waals surface area contributed by atoms with Crippen molar-refractivity contribution in [2.75, 3.05) is 11.9 Å². The second-order valence-electron chi connectivity index (χ2n) is 4.14. The van der Waals surface area contributed by atoms with E-state index < -0.39 is 12.2 Å². The molecule has 0 spiro atoms. The van der Waals surface area contributed by atoms with E-state index in [1.54, 1.807) is 6.07 Å².